The minimum Gasteiger partial charge on any atom is -0.422 e. The van der Waals surface area contributed by atoms with Gasteiger partial charge >= 0.3 is 5.63 Å². The molecule has 150 valence electrons. The Kier molecular flexibility index (Phi) is 5.21. The third kappa shape index (κ3) is 3.94. The molecule has 1 aromatic heterocycles. The maximum atomic E-state index is 12.6. The Morgan fingerprint density at radius 1 is 1.03 bits per heavy atom. The van der Waals surface area contributed by atoms with Gasteiger partial charge in [-0.1, -0.05) is 30.3 Å². The molecule has 1 aliphatic rings. The van der Waals surface area contributed by atoms with Gasteiger partial charge in [-0.2, -0.15) is 4.31 Å². The van der Waals surface area contributed by atoms with Crippen molar-refractivity contribution in [1.82, 2.24) is 9.62 Å². The number of nitrogens with one attached hydrogen (secondary N) is 1. The topological polar surface area (TPSA) is 96.7 Å². The quantitative estimate of drug-likeness (QED) is 0.650. The molecule has 2 aromatic carbocycles. The lowest BCUT2D eigenvalue weighted by Gasteiger charge is -2.15. The van der Waals surface area contributed by atoms with Gasteiger partial charge in [0.2, 0.25) is 10.0 Å². The first-order valence-corrected chi connectivity index (χ1v) is 10.8. The lowest BCUT2D eigenvalue weighted by molar-refractivity contribution is 0.0947. The van der Waals surface area contributed by atoms with E-state index in [-0.39, 0.29) is 17.0 Å². The average molecular weight is 412 g/mol. The van der Waals surface area contributed by atoms with E-state index in [2.05, 4.69) is 5.32 Å². The second-order valence-electron chi connectivity index (χ2n) is 6.92. The second-order valence-corrected chi connectivity index (χ2v) is 8.86. The number of fused-ring (bicyclic) bond motifs is 1. The van der Waals surface area contributed by atoms with Gasteiger partial charge in [0.05, 0.1) is 4.90 Å². The monoisotopic (exact) mass is 412 g/mol. The highest BCUT2D eigenvalue weighted by Crippen LogP contribution is 2.21. The third-order valence-electron chi connectivity index (χ3n) is 4.97. The molecule has 7 nitrogen and oxygen atoms in total. The number of nitrogens with zero attached hydrogens (tertiary/aromatic N) is 1. The van der Waals surface area contributed by atoms with Crippen molar-refractivity contribution in [2.45, 2.75) is 24.3 Å². The molecule has 29 heavy (non-hydrogen) atoms. The molecular weight excluding hydrogens is 392 g/mol. The lowest BCUT2D eigenvalue weighted by atomic mass is 10.1. The fourth-order valence-electron chi connectivity index (χ4n) is 3.35. The number of hydrogen-bond acceptors (Lipinski definition) is 5. The molecule has 4 rings (SSSR count). The van der Waals surface area contributed by atoms with Crippen LogP contribution in [-0.2, 0) is 16.6 Å². The van der Waals surface area contributed by atoms with Gasteiger partial charge in [-0.3, -0.25) is 4.79 Å². The second kappa shape index (κ2) is 7.81. The zero-order valence-electron chi connectivity index (χ0n) is 15.6. The van der Waals surface area contributed by atoms with Gasteiger partial charge in [0.1, 0.15) is 11.1 Å². The molecule has 1 aliphatic heterocycles. The molecule has 2 heterocycles. The largest absolute Gasteiger partial charge is 0.422 e. The first kappa shape index (κ1) is 19.4. The predicted molar refractivity (Wildman–Crippen MR) is 108 cm³/mol. The summed E-state index contributed by atoms with van der Waals surface area (Å²) >= 11 is 0. The average Bonchev–Trinajstić information content (AvgIpc) is 3.27. The smallest absolute Gasteiger partial charge is 0.349 e. The fourth-order valence-corrected chi connectivity index (χ4v) is 4.87. The molecular formula is C21H20N2O5S. The fraction of sp³-hybridized carbons (Fsp3) is 0.238. The highest BCUT2D eigenvalue weighted by molar-refractivity contribution is 7.89. The van der Waals surface area contributed by atoms with Gasteiger partial charge in [-0.15, -0.1) is 0 Å². The molecule has 1 saturated heterocycles. The van der Waals surface area contributed by atoms with Crippen LogP contribution >= 0.6 is 0 Å². The minimum atomic E-state index is -3.46. The molecule has 0 saturated carbocycles. The van der Waals surface area contributed by atoms with E-state index >= 15 is 0 Å². The molecule has 0 spiro atoms. The van der Waals surface area contributed by atoms with Gasteiger partial charge in [-0.05, 0) is 42.7 Å². The number of hydrogen-bond donors (Lipinski definition) is 1. The SMILES string of the molecule is O=C(NCc1ccc(S(=O)(=O)N2CCCC2)cc1)c1cc2ccccc2oc1=O. The van der Waals surface area contributed by atoms with Crippen LogP contribution in [0.5, 0.6) is 0 Å². The maximum absolute atomic E-state index is 12.6. The van der Waals surface area contributed by atoms with E-state index in [9.17, 15) is 18.0 Å². The number of rotatable bonds is 5. The van der Waals surface area contributed by atoms with Crippen molar-refractivity contribution in [3.05, 3.63) is 76.1 Å². The number of para-hydroxylation sites is 1. The lowest BCUT2D eigenvalue weighted by Crippen LogP contribution is -2.28. The van der Waals surface area contributed by atoms with E-state index < -0.39 is 21.6 Å². The molecule has 0 unspecified atom stereocenters. The molecule has 8 heteroatoms. The van der Waals surface area contributed by atoms with E-state index in [1.165, 1.54) is 10.4 Å². The van der Waals surface area contributed by atoms with Gasteiger partial charge in [0, 0.05) is 25.0 Å². The highest BCUT2D eigenvalue weighted by Gasteiger charge is 2.26. The molecule has 0 bridgehead atoms. The molecule has 1 fully saturated rings. The highest BCUT2D eigenvalue weighted by atomic mass is 32.2. The van der Waals surface area contributed by atoms with Gasteiger partial charge < -0.3 is 9.73 Å². The summed E-state index contributed by atoms with van der Waals surface area (Å²) in [6.45, 7) is 1.26. The zero-order valence-corrected chi connectivity index (χ0v) is 16.4. The normalized spacial score (nSPS) is 14.9. The summed E-state index contributed by atoms with van der Waals surface area (Å²) in [5, 5.41) is 3.34. The Bertz CT molecular complexity index is 1210. The van der Waals surface area contributed by atoms with Gasteiger partial charge in [0.25, 0.3) is 5.91 Å². The number of carbonyl (C=O) groups excluding carboxylic acids is 1. The van der Waals surface area contributed by atoms with Crippen molar-refractivity contribution in [2.75, 3.05) is 13.1 Å². The Balaban J connectivity index is 1.46. The van der Waals surface area contributed by atoms with Crippen molar-refractivity contribution in [1.29, 1.82) is 0 Å². The van der Waals surface area contributed by atoms with E-state index in [4.69, 9.17) is 4.42 Å². The van der Waals surface area contributed by atoms with Crippen LogP contribution in [0.3, 0.4) is 0 Å². The van der Waals surface area contributed by atoms with Crippen molar-refractivity contribution in [3.63, 3.8) is 0 Å². The van der Waals surface area contributed by atoms with Crippen LogP contribution in [0.4, 0.5) is 0 Å². The van der Waals surface area contributed by atoms with Crippen LogP contribution in [0.1, 0.15) is 28.8 Å². The number of benzene rings is 2. The first-order chi connectivity index (χ1) is 13.9. The summed E-state index contributed by atoms with van der Waals surface area (Å²) in [6.07, 6.45) is 1.76. The van der Waals surface area contributed by atoms with Crippen molar-refractivity contribution < 1.29 is 17.6 Å². The molecule has 1 N–H and O–H groups in total. The summed E-state index contributed by atoms with van der Waals surface area (Å²) in [7, 11) is -3.46. The van der Waals surface area contributed by atoms with Gasteiger partial charge in [-0.25, -0.2) is 13.2 Å². The number of sulfonamides is 1. The first-order valence-electron chi connectivity index (χ1n) is 9.35. The van der Waals surface area contributed by atoms with Crippen LogP contribution in [0.25, 0.3) is 11.0 Å². The van der Waals surface area contributed by atoms with Crippen LogP contribution in [0.2, 0.25) is 0 Å². The van der Waals surface area contributed by atoms with Crippen LogP contribution in [0.15, 0.2) is 68.7 Å². The maximum Gasteiger partial charge on any atom is 0.349 e. The summed E-state index contributed by atoms with van der Waals surface area (Å²) < 4.78 is 31.8. The Morgan fingerprint density at radius 2 is 1.72 bits per heavy atom. The predicted octanol–water partition coefficient (Wildman–Crippen LogP) is 2.51. The third-order valence-corrected chi connectivity index (χ3v) is 6.88. The number of carbonyl (C=O) groups is 1. The zero-order chi connectivity index (χ0) is 20.4. The minimum absolute atomic E-state index is 0.0723. The molecule has 0 aliphatic carbocycles. The van der Waals surface area contributed by atoms with Crippen LogP contribution in [-0.4, -0.2) is 31.7 Å². The van der Waals surface area contributed by atoms with E-state index in [1.54, 1.807) is 48.5 Å². The molecule has 0 radical (unpaired) electrons. The summed E-state index contributed by atoms with van der Waals surface area (Å²) in [6, 6.07) is 14.9. The molecule has 0 atom stereocenters. The summed E-state index contributed by atoms with van der Waals surface area (Å²) in [4.78, 5) is 24.7. The van der Waals surface area contributed by atoms with Crippen LogP contribution < -0.4 is 10.9 Å². The van der Waals surface area contributed by atoms with Crippen LogP contribution in [0, 0.1) is 0 Å². The standard InChI is InChI=1S/C21H20N2O5S/c24-20(18-13-16-5-1-2-6-19(16)28-21(18)25)22-14-15-7-9-17(10-8-15)29(26,27)23-11-3-4-12-23/h1-2,5-10,13H,3-4,11-12,14H2,(H,22,24). The Labute approximate surface area is 168 Å². The van der Waals surface area contributed by atoms with Crippen molar-refractivity contribution >= 4 is 26.9 Å². The van der Waals surface area contributed by atoms with Crippen molar-refractivity contribution in [2.24, 2.45) is 0 Å². The Morgan fingerprint density at radius 3 is 2.45 bits per heavy atom. The van der Waals surface area contributed by atoms with Crippen molar-refractivity contribution in [3.8, 4) is 0 Å². The number of amides is 1. The Hall–Kier alpha value is -2.97. The summed E-state index contributed by atoms with van der Waals surface area (Å²) in [5.74, 6) is -0.543. The van der Waals surface area contributed by atoms with E-state index in [0.717, 1.165) is 18.4 Å². The summed E-state index contributed by atoms with van der Waals surface area (Å²) in [5.41, 5.74) is 0.373. The molecule has 3 aromatic rings. The van der Waals surface area contributed by atoms with E-state index in [1.807, 2.05) is 0 Å². The van der Waals surface area contributed by atoms with Gasteiger partial charge in [0.15, 0.2) is 0 Å². The molecule has 1 amide bonds. The van der Waals surface area contributed by atoms with E-state index in [0.29, 0.717) is 24.1 Å².